The molecule has 7 nitrogen and oxygen atoms in total. The van der Waals surface area contributed by atoms with Crippen LogP contribution < -0.4 is 4.90 Å². The number of aromatic nitrogens is 5. The topological polar surface area (TPSA) is 63.0 Å². The third-order valence-corrected chi connectivity index (χ3v) is 6.17. The van der Waals surface area contributed by atoms with Crippen LogP contribution in [-0.4, -0.2) is 62.9 Å². The summed E-state index contributed by atoms with van der Waals surface area (Å²) in [5.74, 6) is 0.807. The van der Waals surface area contributed by atoms with Gasteiger partial charge in [0.15, 0.2) is 0 Å². The Hall–Kier alpha value is -3.58. The van der Waals surface area contributed by atoms with Crippen LogP contribution in [0.3, 0.4) is 0 Å². The second-order valence-electron chi connectivity index (χ2n) is 8.48. The van der Waals surface area contributed by atoms with Crippen LogP contribution in [0.1, 0.15) is 18.3 Å². The average Bonchev–Trinajstić information content (AvgIpc) is 3.31. The Morgan fingerprint density at radius 2 is 1.76 bits per heavy atom. The zero-order valence-electron chi connectivity index (χ0n) is 19.2. The molecule has 0 unspecified atom stereocenters. The van der Waals surface area contributed by atoms with Gasteiger partial charge in [-0.1, -0.05) is 12.1 Å². The van der Waals surface area contributed by atoms with Crippen molar-refractivity contribution >= 4 is 5.69 Å². The van der Waals surface area contributed by atoms with Crippen molar-refractivity contribution in [1.82, 2.24) is 29.6 Å². The van der Waals surface area contributed by atoms with Crippen LogP contribution in [0.25, 0.3) is 22.5 Å². The third kappa shape index (κ3) is 4.78. The van der Waals surface area contributed by atoms with Crippen molar-refractivity contribution in [3.8, 4) is 22.5 Å². The maximum atomic E-state index is 4.89. The summed E-state index contributed by atoms with van der Waals surface area (Å²) in [6.45, 7) is 7.25. The van der Waals surface area contributed by atoms with E-state index in [1.54, 1.807) is 6.20 Å². The van der Waals surface area contributed by atoms with Gasteiger partial charge in [0, 0.05) is 80.7 Å². The molecule has 4 heterocycles. The third-order valence-electron chi connectivity index (χ3n) is 6.17. The van der Waals surface area contributed by atoms with Gasteiger partial charge in [-0.2, -0.15) is 5.10 Å². The molecule has 1 aliphatic rings. The van der Waals surface area contributed by atoms with Gasteiger partial charge in [0.25, 0.3) is 0 Å². The molecule has 0 atom stereocenters. The molecule has 1 fully saturated rings. The van der Waals surface area contributed by atoms with E-state index < -0.39 is 0 Å². The van der Waals surface area contributed by atoms with E-state index in [0.29, 0.717) is 6.42 Å². The minimum absolute atomic E-state index is 0.695. The first-order valence-electron chi connectivity index (χ1n) is 11.5. The molecule has 1 saturated heterocycles. The molecule has 3 aromatic heterocycles. The second kappa shape index (κ2) is 9.50. The molecule has 0 spiro atoms. The zero-order valence-corrected chi connectivity index (χ0v) is 19.2. The molecule has 0 N–H and O–H groups in total. The fourth-order valence-electron chi connectivity index (χ4n) is 4.19. The van der Waals surface area contributed by atoms with Crippen molar-refractivity contribution in [2.24, 2.45) is 0 Å². The SMILES string of the molecule is CCn1cc(-c2ccnc(Cc3ccc(N4CCN(C)CC4)cc3)n2)c(-c2cccnc2)n1. The van der Waals surface area contributed by atoms with Gasteiger partial charge < -0.3 is 9.80 Å². The molecule has 7 heteroatoms. The standard InChI is InChI=1S/C26H29N7/c1-3-33-19-23(26(30-33)21-5-4-11-27-18-21)24-10-12-28-25(29-24)17-20-6-8-22(9-7-20)32-15-13-31(2)14-16-32/h4-12,18-19H,3,13-17H2,1-2H3. The van der Waals surface area contributed by atoms with Crippen LogP contribution in [0, 0.1) is 0 Å². The highest BCUT2D eigenvalue weighted by molar-refractivity contribution is 5.78. The van der Waals surface area contributed by atoms with E-state index >= 15 is 0 Å². The lowest BCUT2D eigenvalue weighted by molar-refractivity contribution is 0.313. The van der Waals surface area contributed by atoms with Crippen LogP contribution in [0.5, 0.6) is 0 Å². The zero-order chi connectivity index (χ0) is 22.6. The Labute approximate surface area is 194 Å². The van der Waals surface area contributed by atoms with E-state index in [0.717, 1.165) is 61.1 Å². The molecular weight excluding hydrogens is 410 g/mol. The molecule has 0 radical (unpaired) electrons. The molecule has 1 aliphatic heterocycles. The Morgan fingerprint density at radius 1 is 0.939 bits per heavy atom. The first kappa shape index (κ1) is 21.3. The summed E-state index contributed by atoms with van der Waals surface area (Å²) < 4.78 is 1.94. The smallest absolute Gasteiger partial charge is 0.133 e. The number of pyridine rings is 1. The van der Waals surface area contributed by atoms with E-state index in [-0.39, 0.29) is 0 Å². The van der Waals surface area contributed by atoms with E-state index in [1.165, 1.54) is 11.3 Å². The van der Waals surface area contributed by atoms with Crippen LogP contribution in [0.4, 0.5) is 5.69 Å². The summed E-state index contributed by atoms with van der Waals surface area (Å²) in [5, 5.41) is 4.76. The quantitative estimate of drug-likeness (QED) is 0.456. The fraction of sp³-hybridized carbons (Fsp3) is 0.308. The number of hydrogen-bond acceptors (Lipinski definition) is 6. The van der Waals surface area contributed by atoms with Gasteiger partial charge in [-0.15, -0.1) is 0 Å². The lowest BCUT2D eigenvalue weighted by atomic mass is 10.1. The van der Waals surface area contributed by atoms with E-state index in [1.807, 2.05) is 35.3 Å². The van der Waals surface area contributed by atoms with E-state index in [4.69, 9.17) is 10.1 Å². The van der Waals surface area contributed by atoms with Gasteiger partial charge in [-0.25, -0.2) is 9.97 Å². The lowest BCUT2D eigenvalue weighted by Crippen LogP contribution is -2.44. The predicted octanol–water partition coefficient (Wildman–Crippen LogP) is 3.76. The highest BCUT2D eigenvalue weighted by atomic mass is 15.3. The first-order valence-corrected chi connectivity index (χ1v) is 11.5. The monoisotopic (exact) mass is 439 g/mol. The van der Waals surface area contributed by atoms with Gasteiger partial charge in [-0.3, -0.25) is 9.67 Å². The number of likely N-dealkylation sites (N-methyl/N-ethyl adjacent to an activating group) is 1. The van der Waals surface area contributed by atoms with Gasteiger partial charge in [0.05, 0.1) is 5.69 Å². The summed E-state index contributed by atoms with van der Waals surface area (Å²) in [4.78, 5) is 18.5. The van der Waals surface area contributed by atoms with Crippen molar-refractivity contribution in [3.05, 3.63) is 78.6 Å². The molecule has 0 aliphatic carbocycles. The number of benzene rings is 1. The van der Waals surface area contributed by atoms with Crippen molar-refractivity contribution in [2.45, 2.75) is 19.9 Å². The normalized spacial score (nSPS) is 14.5. The van der Waals surface area contributed by atoms with Crippen molar-refractivity contribution in [3.63, 3.8) is 0 Å². The molecule has 0 bridgehead atoms. The number of rotatable bonds is 6. The van der Waals surface area contributed by atoms with E-state index in [9.17, 15) is 0 Å². The minimum Gasteiger partial charge on any atom is -0.369 e. The highest BCUT2D eigenvalue weighted by Crippen LogP contribution is 2.29. The van der Waals surface area contributed by atoms with Gasteiger partial charge in [-0.05, 0) is 49.9 Å². The summed E-state index contributed by atoms with van der Waals surface area (Å²) in [7, 11) is 2.18. The highest BCUT2D eigenvalue weighted by Gasteiger charge is 2.16. The van der Waals surface area contributed by atoms with Crippen molar-refractivity contribution in [2.75, 3.05) is 38.1 Å². The van der Waals surface area contributed by atoms with Crippen LogP contribution in [0.2, 0.25) is 0 Å². The second-order valence-corrected chi connectivity index (χ2v) is 8.48. The summed E-state index contributed by atoms with van der Waals surface area (Å²) in [6, 6.07) is 14.7. The Kier molecular flexibility index (Phi) is 6.13. The van der Waals surface area contributed by atoms with Crippen LogP contribution >= 0.6 is 0 Å². The molecule has 0 amide bonds. The maximum absolute atomic E-state index is 4.89. The average molecular weight is 440 g/mol. The lowest BCUT2D eigenvalue weighted by Gasteiger charge is -2.34. The maximum Gasteiger partial charge on any atom is 0.133 e. The largest absolute Gasteiger partial charge is 0.369 e. The number of anilines is 1. The van der Waals surface area contributed by atoms with Gasteiger partial charge >= 0.3 is 0 Å². The van der Waals surface area contributed by atoms with Gasteiger partial charge in [0.1, 0.15) is 11.5 Å². The van der Waals surface area contributed by atoms with Crippen LogP contribution in [-0.2, 0) is 13.0 Å². The van der Waals surface area contributed by atoms with Crippen molar-refractivity contribution in [1.29, 1.82) is 0 Å². The van der Waals surface area contributed by atoms with Crippen molar-refractivity contribution < 1.29 is 0 Å². The molecule has 4 aromatic rings. The predicted molar refractivity (Wildman–Crippen MR) is 131 cm³/mol. The number of piperazine rings is 1. The molecule has 5 rings (SSSR count). The molecule has 33 heavy (non-hydrogen) atoms. The van der Waals surface area contributed by atoms with E-state index in [2.05, 4.69) is 64.2 Å². The molecular formula is C26H29N7. The number of hydrogen-bond donors (Lipinski definition) is 0. The summed E-state index contributed by atoms with van der Waals surface area (Å²) in [6.07, 6.45) is 8.21. The molecule has 0 saturated carbocycles. The summed E-state index contributed by atoms with van der Waals surface area (Å²) >= 11 is 0. The minimum atomic E-state index is 0.695. The number of aryl methyl sites for hydroxylation is 1. The number of nitrogens with zero attached hydrogens (tertiary/aromatic N) is 7. The molecule has 1 aromatic carbocycles. The fourth-order valence-corrected chi connectivity index (χ4v) is 4.19. The van der Waals surface area contributed by atoms with Crippen LogP contribution in [0.15, 0.2) is 67.3 Å². The van der Waals surface area contributed by atoms with Gasteiger partial charge in [0.2, 0.25) is 0 Å². The Morgan fingerprint density at radius 3 is 2.48 bits per heavy atom. The first-order chi connectivity index (χ1) is 16.2. The Bertz CT molecular complexity index is 1190. The molecule has 168 valence electrons. The summed E-state index contributed by atoms with van der Waals surface area (Å²) in [5.41, 5.74) is 6.26. The Balaban J connectivity index is 1.37.